The van der Waals surface area contributed by atoms with Crippen LogP contribution in [-0.2, 0) is 6.54 Å². The van der Waals surface area contributed by atoms with E-state index in [1.54, 1.807) is 0 Å². The Morgan fingerprint density at radius 3 is 2.82 bits per heavy atom. The van der Waals surface area contributed by atoms with Gasteiger partial charge in [-0.1, -0.05) is 24.3 Å². The topological polar surface area (TPSA) is 39.1 Å². The molecule has 0 spiro atoms. The lowest BCUT2D eigenvalue weighted by molar-refractivity contribution is 0.301. The second-order valence-electron chi connectivity index (χ2n) is 5.27. The molecule has 0 aliphatic heterocycles. The first kappa shape index (κ1) is 14.4. The highest BCUT2D eigenvalue weighted by molar-refractivity contribution is 5.78. The molecule has 0 unspecified atom stereocenters. The summed E-state index contributed by atoms with van der Waals surface area (Å²) in [6.45, 7) is 6.37. The molecule has 3 aromatic rings. The third kappa shape index (κ3) is 3.06. The summed E-state index contributed by atoms with van der Waals surface area (Å²) in [6.07, 6.45) is 0. The maximum Gasteiger partial charge on any atom is 0.203 e. The van der Waals surface area contributed by atoms with E-state index in [1.807, 2.05) is 30.3 Å². The van der Waals surface area contributed by atoms with Crippen LogP contribution in [0.5, 0.6) is 5.75 Å². The molecule has 1 N–H and O–H groups in total. The maximum absolute atomic E-state index is 5.87. The minimum Gasteiger partial charge on any atom is -0.492 e. The molecule has 4 heteroatoms. The van der Waals surface area contributed by atoms with Gasteiger partial charge in [-0.15, -0.1) is 0 Å². The molecule has 2 aromatic carbocycles. The number of para-hydroxylation sites is 2. The first-order valence-corrected chi connectivity index (χ1v) is 7.66. The normalized spacial score (nSPS) is 10.8. The summed E-state index contributed by atoms with van der Waals surface area (Å²) in [6, 6.07) is 16.3. The van der Waals surface area contributed by atoms with Crippen LogP contribution in [0.25, 0.3) is 11.0 Å². The maximum atomic E-state index is 5.87. The third-order valence-electron chi connectivity index (χ3n) is 3.56. The third-order valence-corrected chi connectivity index (χ3v) is 3.56. The minimum absolute atomic E-state index is 0.613. The highest BCUT2D eigenvalue weighted by Crippen LogP contribution is 2.20. The van der Waals surface area contributed by atoms with Crippen LogP contribution in [-0.4, -0.2) is 22.7 Å². The van der Waals surface area contributed by atoms with Gasteiger partial charge < -0.3 is 14.6 Å². The van der Waals surface area contributed by atoms with Gasteiger partial charge >= 0.3 is 0 Å². The van der Waals surface area contributed by atoms with Crippen LogP contribution in [0, 0.1) is 6.92 Å². The van der Waals surface area contributed by atoms with Gasteiger partial charge in [-0.05, 0) is 43.7 Å². The Bertz CT molecular complexity index is 764. The Labute approximate surface area is 130 Å². The standard InChI is InChI=1S/C18H21N3O/c1-3-19-18-20-16-9-4-5-10-17(16)21(18)11-12-22-15-8-6-7-14(2)13-15/h4-10,13H,3,11-12H2,1-2H3,(H,19,20). The number of nitrogens with zero attached hydrogens (tertiary/aromatic N) is 2. The zero-order valence-corrected chi connectivity index (χ0v) is 13.0. The molecule has 1 heterocycles. The highest BCUT2D eigenvalue weighted by Gasteiger charge is 2.09. The van der Waals surface area contributed by atoms with Gasteiger partial charge in [0.2, 0.25) is 5.95 Å². The molecule has 0 radical (unpaired) electrons. The zero-order valence-electron chi connectivity index (χ0n) is 13.0. The number of rotatable bonds is 6. The molecular weight excluding hydrogens is 274 g/mol. The van der Waals surface area contributed by atoms with Gasteiger partial charge in [0.15, 0.2) is 0 Å². The molecule has 0 atom stereocenters. The lowest BCUT2D eigenvalue weighted by atomic mass is 10.2. The number of aryl methyl sites for hydroxylation is 1. The molecular formula is C18H21N3O. The first-order valence-electron chi connectivity index (χ1n) is 7.66. The van der Waals surface area contributed by atoms with Crippen molar-refractivity contribution < 1.29 is 4.74 Å². The second kappa shape index (κ2) is 6.52. The molecule has 1 aromatic heterocycles. The predicted octanol–water partition coefficient (Wildman–Crippen LogP) is 3.86. The smallest absolute Gasteiger partial charge is 0.203 e. The van der Waals surface area contributed by atoms with E-state index in [4.69, 9.17) is 4.74 Å². The van der Waals surface area contributed by atoms with Gasteiger partial charge in [0.1, 0.15) is 12.4 Å². The van der Waals surface area contributed by atoms with Crippen molar-refractivity contribution in [3.63, 3.8) is 0 Å². The fourth-order valence-corrected chi connectivity index (χ4v) is 2.55. The summed E-state index contributed by atoms with van der Waals surface area (Å²) < 4.78 is 8.04. The quantitative estimate of drug-likeness (QED) is 0.750. The number of hydrogen-bond acceptors (Lipinski definition) is 3. The fourth-order valence-electron chi connectivity index (χ4n) is 2.55. The molecule has 0 bridgehead atoms. The van der Waals surface area contributed by atoms with E-state index >= 15 is 0 Å². The van der Waals surface area contributed by atoms with Crippen LogP contribution >= 0.6 is 0 Å². The number of benzene rings is 2. The van der Waals surface area contributed by atoms with Gasteiger partial charge in [0.25, 0.3) is 0 Å². The van der Waals surface area contributed by atoms with Crippen molar-refractivity contribution >= 4 is 17.0 Å². The van der Waals surface area contributed by atoms with E-state index in [2.05, 4.69) is 46.9 Å². The van der Waals surface area contributed by atoms with Crippen LogP contribution in [0.1, 0.15) is 12.5 Å². The van der Waals surface area contributed by atoms with Gasteiger partial charge in [0, 0.05) is 6.54 Å². The van der Waals surface area contributed by atoms with Crippen molar-refractivity contribution in [3.05, 3.63) is 54.1 Å². The number of fused-ring (bicyclic) bond motifs is 1. The van der Waals surface area contributed by atoms with E-state index in [-0.39, 0.29) is 0 Å². The average Bonchev–Trinajstić information content (AvgIpc) is 2.86. The van der Waals surface area contributed by atoms with Gasteiger partial charge in [-0.3, -0.25) is 0 Å². The number of anilines is 1. The Hall–Kier alpha value is -2.49. The van der Waals surface area contributed by atoms with Crippen LogP contribution in [0.2, 0.25) is 0 Å². The Balaban J connectivity index is 1.76. The molecule has 0 fully saturated rings. The van der Waals surface area contributed by atoms with E-state index in [0.29, 0.717) is 6.61 Å². The minimum atomic E-state index is 0.613. The van der Waals surface area contributed by atoms with Crippen molar-refractivity contribution in [2.24, 2.45) is 0 Å². The molecule has 0 amide bonds. The van der Waals surface area contributed by atoms with Crippen LogP contribution in [0.3, 0.4) is 0 Å². The molecule has 4 nitrogen and oxygen atoms in total. The molecule has 0 saturated carbocycles. The van der Waals surface area contributed by atoms with Gasteiger partial charge in [-0.2, -0.15) is 0 Å². The first-order chi connectivity index (χ1) is 10.8. The van der Waals surface area contributed by atoms with E-state index in [1.165, 1.54) is 5.56 Å². The summed E-state index contributed by atoms with van der Waals surface area (Å²) >= 11 is 0. The van der Waals surface area contributed by atoms with Crippen molar-refractivity contribution in [1.29, 1.82) is 0 Å². The van der Waals surface area contributed by atoms with Crippen LogP contribution < -0.4 is 10.1 Å². The number of nitrogens with one attached hydrogen (secondary N) is 1. The average molecular weight is 295 g/mol. The monoisotopic (exact) mass is 295 g/mol. The summed E-state index contributed by atoms with van der Waals surface area (Å²) in [4.78, 5) is 4.64. The Morgan fingerprint density at radius 1 is 1.14 bits per heavy atom. The number of ether oxygens (including phenoxy) is 1. The summed E-state index contributed by atoms with van der Waals surface area (Å²) in [7, 11) is 0. The van der Waals surface area contributed by atoms with Gasteiger partial charge in [-0.25, -0.2) is 4.98 Å². The van der Waals surface area contributed by atoms with Crippen molar-refractivity contribution in [2.75, 3.05) is 18.5 Å². The molecule has 0 aliphatic carbocycles. The van der Waals surface area contributed by atoms with Crippen molar-refractivity contribution in [3.8, 4) is 5.75 Å². The van der Waals surface area contributed by atoms with Gasteiger partial charge in [0.05, 0.1) is 17.6 Å². The number of aromatic nitrogens is 2. The summed E-state index contributed by atoms with van der Waals surface area (Å²) in [5.41, 5.74) is 3.35. The molecule has 0 aliphatic rings. The SMILES string of the molecule is CCNc1nc2ccccc2n1CCOc1cccc(C)c1. The van der Waals surface area contributed by atoms with Crippen LogP contribution in [0.4, 0.5) is 5.95 Å². The Kier molecular flexibility index (Phi) is 4.28. The predicted molar refractivity (Wildman–Crippen MR) is 90.6 cm³/mol. The van der Waals surface area contributed by atoms with Crippen LogP contribution in [0.15, 0.2) is 48.5 Å². The summed E-state index contributed by atoms with van der Waals surface area (Å²) in [5.74, 6) is 1.81. The molecule has 114 valence electrons. The highest BCUT2D eigenvalue weighted by atomic mass is 16.5. The van der Waals surface area contributed by atoms with Crippen molar-refractivity contribution in [2.45, 2.75) is 20.4 Å². The van der Waals surface area contributed by atoms with E-state index in [0.717, 1.165) is 35.8 Å². The molecule has 0 saturated heterocycles. The molecule has 3 rings (SSSR count). The van der Waals surface area contributed by atoms with E-state index < -0.39 is 0 Å². The largest absolute Gasteiger partial charge is 0.492 e. The zero-order chi connectivity index (χ0) is 15.4. The lowest BCUT2D eigenvalue weighted by Crippen LogP contribution is -2.12. The van der Waals surface area contributed by atoms with E-state index in [9.17, 15) is 0 Å². The number of imidazole rings is 1. The fraction of sp³-hybridized carbons (Fsp3) is 0.278. The lowest BCUT2D eigenvalue weighted by Gasteiger charge is -2.11. The Morgan fingerprint density at radius 2 is 2.00 bits per heavy atom. The van der Waals surface area contributed by atoms with Crippen molar-refractivity contribution in [1.82, 2.24) is 9.55 Å². The summed E-state index contributed by atoms with van der Waals surface area (Å²) in [5, 5.41) is 3.32. The molecule has 22 heavy (non-hydrogen) atoms. The second-order valence-corrected chi connectivity index (χ2v) is 5.27. The number of hydrogen-bond donors (Lipinski definition) is 1.